The van der Waals surface area contributed by atoms with E-state index in [1.165, 1.54) is 12.3 Å². The summed E-state index contributed by atoms with van der Waals surface area (Å²) in [6, 6.07) is 14.5. The summed E-state index contributed by atoms with van der Waals surface area (Å²) in [4.78, 5) is 8.94. The molecule has 4 aromatic rings. The second-order valence-corrected chi connectivity index (χ2v) is 10.7. The van der Waals surface area contributed by atoms with Crippen molar-refractivity contribution in [3.05, 3.63) is 59.8 Å². The van der Waals surface area contributed by atoms with Gasteiger partial charge in [0.15, 0.2) is 11.5 Å². The van der Waals surface area contributed by atoms with Gasteiger partial charge in [0.1, 0.15) is 6.07 Å². The highest BCUT2D eigenvalue weighted by molar-refractivity contribution is 8.24. The van der Waals surface area contributed by atoms with E-state index in [9.17, 15) is 14.4 Å². The normalized spacial score (nSPS) is 12.0. The van der Waals surface area contributed by atoms with Crippen molar-refractivity contribution < 1.29 is 16.4 Å². The first-order chi connectivity index (χ1) is 16.7. The Hall–Kier alpha value is -3.82. The second-order valence-electron chi connectivity index (χ2n) is 8.09. The Morgan fingerprint density at radius 1 is 1.11 bits per heavy atom. The molecule has 0 aliphatic carbocycles. The summed E-state index contributed by atoms with van der Waals surface area (Å²) in [5, 5.41) is 20.5. The van der Waals surface area contributed by atoms with E-state index < -0.39 is 15.8 Å². The zero-order chi connectivity index (χ0) is 25.2. The molecule has 0 spiro atoms. The summed E-state index contributed by atoms with van der Waals surface area (Å²) in [6.07, 6.45) is 1.47. The van der Waals surface area contributed by atoms with E-state index in [4.69, 9.17) is 10.2 Å². The van der Waals surface area contributed by atoms with Gasteiger partial charge < -0.3 is 15.5 Å². The maximum Gasteiger partial charge on any atom is 0.270 e. The average molecular weight is 496 g/mol. The van der Waals surface area contributed by atoms with E-state index in [0.29, 0.717) is 17.1 Å². The van der Waals surface area contributed by atoms with Crippen molar-refractivity contribution in [1.29, 1.82) is 5.26 Å². The predicted molar refractivity (Wildman–Crippen MR) is 139 cm³/mol. The topological polar surface area (TPSA) is 167 Å². The molecule has 2 heterocycles. The van der Waals surface area contributed by atoms with Crippen LogP contribution in [0.15, 0.2) is 58.0 Å². The number of nitrogens with one attached hydrogen (secondary N) is 1. The highest BCUT2D eigenvalue weighted by Crippen LogP contribution is 2.53. The minimum absolute atomic E-state index is 0. The molecule has 0 bridgehead atoms. The zero-order valence-corrected chi connectivity index (χ0v) is 20.2. The Morgan fingerprint density at radius 3 is 2.46 bits per heavy atom. The average Bonchev–Trinajstić information content (AvgIpc) is 3.34. The van der Waals surface area contributed by atoms with Crippen LogP contribution in [0.5, 0.6) is 0 Å². The molecule has 184 valence electrons. The number of aromatic nitrogens is 4. The molecule has 0 saturated heterocycles. The standard InChI is InChI=1S/C24H25N7O3S.2H2/c1-14(2)35(32,33)20-9-8-17(10-18(20)11-25)19-13-28-22(26)21(29-19)24-31-30-23(34-24)16-6-4-15(5-7-16)12-27-3;;/h4-10,13-14,27,32-33H,12H2,1-3H3,(H2,26,28);2*1H. The lowest BCUT2D eigenvalue weighted by molar-refractivity contribution is 0.476. The fourth-order valence-electron chi connectivity index (χ4n) is 3.39. The number of hydrogen-bond acceptors (Lipinski definition) is 10. The van der Waals surface area contributed by atoms with Gasteiger partial charge in [0.2, 0.25) is 5.89 Å². The molecular formula is C24H29N7O3S. The summed E-state index contributed by atoms with van der Waals surface area (Å²) < 4.78 is 26.9. The van der Waals surface area contributed by atoms with Crippen LogP contribution in [0.1, 0.15) is 27.8 Å². The first-order valence-electron chi connectivity index (χ1n) is 10.8. The summed E-state index contributed by atoms with van der Waals surface area (Å²) in [5.74, 6) is 0.536. The van der Waals surface area contributed by atoms with Crippen LogP contribution in [0.25, 0.3) is 34.3 Å². The minimum Gasteiger partial charge on any atom is -0.414 e. The predicted octanol–water partition coefficient (Wildman–Crippen LogP) is 5.04. The fraction of sp³-hybridized carbons (Fsp3) is 0.208. The van der Waals surface area contributed by atoms with Gasteiger partial charge in [-0.1, -0.05) is 18.2 Å². The van der Waals surface area contributed by atoms with Crippen LogP contribution in [-0.2, 0) is 6.54 Å². The maximum absolute atomic E-state index is 10.5. The van der Waals surface area contributed by atoms with Crippen molar-refractivity contribution in [3.8, 4) is 40.4 Å². The van der Waals surface area contributed by atoms with Gasteiger partial charge in [0.25, 0.3) is 5.89 Å². The quantitative estimate of drug-likeness (QED) is 0.272. The Morgan fingerprint density at radius 2 is 1.80 bits per heavy atom. The van der Waals surface area contributed by atoms with Gasteiger partial charge in [-0.25, -0.2) is 9.97 Å². The van der Waals surface area contributed by atoms with Gasteiger partial charge in [-0.05, 0) is 50.7 Å². The van der Waals surface area contributed by atoms with Gasteiger partial charge in [0, 0.05) is 25.8 Å². The highest BCUT2D eigenvalue weighted by Gasteiger charge is 2.24. The van der Waals surface area contributed by atoms with E-state index >= 15 is 0 Å². The molecule has 10 nitrogen and oxygen atoms in total. The third-order valence-corrected chi connectivity index (χ3v) is 7.70. The molecule has 0 amide bonds. The molecule has 0 fully saturated rings. The smallest absolute Gasteiger partial charge is 0.270 e. The van der Waals surface area contributed by atoms with Crippen molar-refractivity contribution in [3.63, 3.8) is 0 Å². The van der Waals surface area contributed by atoms with Crippen molar-refractivity contribution in [2.24, 2.45) is 0 Å². The van der Waals surface area contributed by atoms with Crippen LogP contribution in [0.3, 0.4) is 0 Å². The molecule has 0 atom stereocenters. The van der Waals surface area contributed by atoms with Crippen LogP contribution in [-0.4, -0.2) is 41.6 Å². The maximum atomic E-state index is 10.5. The Balaban J connectivity index is 0.00000241. The molecule has 5 N–H and O–H groups in total. The van der Waals surface area contributed by atoms with Crippen molar-refractivity contribution in [2.75, 3.05) is 12.8 Å². The Bertz CT molecular complexity index is 1410. The lowest BCUT2D eigenvalue weighted by atomic mass is 10.1. The number of benzene rings is 2. The minimum atomic E-state index is -3.12. The van der Waals surface area contributed by atoms with Gasteiger partial charge >= 0.3 is 0 Å². The third-order valence-electron chi connectivity index (χ3n) is 5.39. The van der Waals surface area contributed by atoms with E-state index in [0.717, 1.165) is 17.7 Å². The molecule has 0 radical (unpaired) electrons. The molecule has 11 heteroatoms. The molecule has 2 aromatic heterocycles. The summed E-state index contributed by atoms with van der Waals surface area (Å²) in [7, 11) is -1.24. The number of nitrogens with two attached hydrogens (primary N) is 1. The van der Waals surface area contributed by atoms with Gasteiger partial charge in [-0.15, -0.1) is 10.2 Å². The largest absolute Gasteiger partial charge is 0.414 e. The van der Waals surface area contributed by atoms with E-state index in [1.807, 2.05) is 37.4 Å². The molecule has 2 aromatic carbocycles. The number of anilines is 1. The monoisotopic (exact) mass is 495 g/mol. The van der Waals surface area contributed by atoms with Gasteiger partial charge in [-0.2, -0.15) is 15.9 Å². The van der Waals surface area contributed by atoms with E-state index in [-0.39, 0.29) is 30.7 Å². The number of hydrogen-bond donors (Lipinski definition) is 4. The molecule has 4 rings (SSSR count). The molecule has 0 aliphatic rings. The summed E-state index contributed by atoms with van der Waals surface area (Å²) in [5.41, 5.74) is 9.25. The van der Waals surface area contributed by atoms with Crippen molar-refractivity contribution in [2.45, 2.75) is 30.5 Å². The van der Waals surface area contributed by atoms with E-state index in [1.54, 1.807) is 26.0 Å². The van der Waals surface area contributed by atoms with Crippen LogP contribution >= 0.6 is 10.6 Å². The van der Waals surface area contributed by atoms with Crippen LogP contribution < -0.4 is 11.1 Å². The van der Waals surface area contributed by atoms with Crippen molar-refractivity contribution >= 4 is 16.4 Å². The first-order valence-corrected chi connectivity index (χ1v) is 12.4. The molecule has 35 heavy (non-hydrogen) atoms. The number of nitrogens with zero attached hydrogens (tertiary/aromatic N) is 5. The van der Waals surface area contributed by atoms with Gasteiger partial charge in [-0.3, -0.25) is 9.11 Å². The Kier molecular flexibility index (Phi) is 6.81. The lowest BCUT2D eigenvalue weighted by Gasteiger charge is -2.37. The molecular weight excluding hydrogens is 466 g/mol. The molecule has 0 aliphatic heterocycles. The lowest BCUT2D eigenvalue weighted by Crippen LogP contribution is -2.12. The SMILES string of the molecule is CNCc1ccc(-c2nnc(-c3nc(-c4ccc(S(O)(O)C(C)C)c(C#N)c4)cnc3N)o2)cc1.[HH].[HH]. The summed E-state index contributed by atoms with van der Waals surface area (Å²) in [6.45, 7) is 4.13. The number of nitrogen functional groups attached to an aromatic ring is 1. The van der Waals surface area contributed by atoms with Gasteiger partial charge in [0.05, 0.1) is 22.3 Å². The number of nitriles is 1. The summed E-state index contributed by atoms with van der Waals surface area (Å²) >= 11 is 0. The highest BCUT2D eigenvalue weighted by atomic mass is 32.3. The Labute approximate surface area is 207 Å². The van der Waals surface area contributed by atoms with Crippen LogP contribution in [0.4, 0.5) is 5.82 Å². The third kappa shape index (κ3) is 4.87. The van der Waals surface area contributed by atoms with Crippen molar-refractivity contribution in [1.82, 2.24) is 25.5 Å². The molecule has 0 saturated carbocycles. The van der Waals surface area contributed by atoms with Crippen LogP contribution in [0, 0.1) is 11.3 Å². The molecule has 0 unspecified atom stereocenters. The van der Waals surface area contributed by atoms with Crippen LogP contribution in [0.2, 0.25) is 0 Å². The zero-order valence-electron chi connectivity index (χ0n) is 19.4. The fourth-order valence-corrected chi connectivity index (χ4v) is 4.60. The first kappa shape index (κ1) is 24.3. The second kappa shape index (κ2) is 9.81. The van der Waals surface area contributed by atoms with E-state index in [2.05, 4.69) is 25.5 Å². The number of rotatable bonds is 7.